The van der Waals surface area contributed by atoms with E-state index in [2.05, 4.69) is 10.5 Å². The maximum Gasteiger partial charge on any atom is 0.271 e. The Morgan fingerprint density at radius 1 is 1.12 bits per heavy atom. The van der Waals surface area contributed by atoms with E-state index in [0.29, 0.717) is 22.8 Å². The van der Waals surface area contributed by atoms with Gasteiger partial charge < -0.3 is 14.2 Å². The van der Waals surface area contributed by atoms with Gasteiger partial charge in [0, 0.05) is 23.3 Å². The van der Waals surface area contributed by atoms with Gasteiger partial charge in [0.25, 0.3) is 11.6 Å². The summed E-state index contributed by atoms with van der Waals surface area (Å²) in [5.41, 5.74) is 3.00. The number of nitro benzene ring substituents is 1. The van der Waals surface area contributed by atoms with E-state index in [-0.39, 0.29) is 11.3 Å². The molecule has 0 fully saturated rings. The lowest BCUT2D eigenvalue weighted by Gasteiger charge is -2.13. The predicted molar refractivity (Wildman–Crippen MR) is 94.3 cm³/mol. The summed E-state index contributed by atoms with van der Waals surface area (Å²) in [5.74, 6) is 0.525. The Bertz CT molecular complexity index is 825. The Morgan fingerprint density at radius 3 is 2.31 bits per heavy atom. The summed E-state index contributed by atoms with van der Waals surface area (Å²) in [4.78, 5) is 22.5. The molecule has 1 N–H and O–H groups in total. The molecule has 0 unspecified atom stereocenters. The number of nitro groups is 1. The second-order valence-electron chi connectivity index (χ2n) is 4.97. The van der Waals surface area contributed by atoms with Crippen LogP contribution in [0.2, 0.25) is 0 Å². The van der Waals surface area contributed by atoms with Crippen molar-refractivity contribution in [3.05, 3.63) is 57.6 Å². The van der Waals surface area contributed by atoms with Crippen molar-refractivity contribution in [3.8, 4) is 17.2 Å². The quantitative estimate of drug-likeness (QED) is 0.461. The SMILES string of the molecule is COc1cc(C(=O)N/N=C\c2cccc([N+](=O)[O-])c2)cc(OC)c1OC. The first-order valence-corrected chi connectivity index (χ1v) is 7.38. The molecule has 0 saturated carbocycles. The summed E-state index contributed by atoms with van der Waals surface area (Å²) in [6.45, 7) is 0. The van der Waals surface area contributed by atoms with Crippen LogP contribution in [0.4, 0.5) is 5.69 Å². The van der Waals surface area contributed by atoms with Crippen LogP contribution in [0, 0.1) is 10.1 Å². The monoisotopic (exact) mass is 359 g/mol. The van der Waals surface area contributed by atoms with Crippen molar-refractivity contribution in [1.29, 1.82) is 0 Å². The zero-order chi connectivity index (χ0) is 19.1. The number of hydrazone groups is 1. The molecule has 0 bridgehead atoms. The third kappa shape index (κ3) is 4.26. The van der Waals surface area contributed by atoms with Crippen molar-refractivity contribution >= 4 is 17.8 Å². The lowest BCUT2D eigenvalue weighted by atomic mass is 10.1. The summed E-state index contributed by atoms with van der Waals surface area (Å²) in [6.07, 6.45) is 1.31. The van der Waals surface area contributed by atoms with E-state index in [9.17, 15) is 14.9 Å². The first-order valence-electron chi connectivity index (χ1n) is 7.38. The molecule has 2 rings (SSSR count). The van der Waals surface area contributed by atoms with Crippen molar-refractivity contribution in [3.63, 3.8) is 0 Å². The molecule has 0 atom stereocenters. The number of benzene rings is 2. The largest absolute Gasteiger partial charge is 0.493 e. The van der Waals surface area contributed by atoms with Crippen LogP contribution in [0.15, 0.2) is 41.5 Å². The highest BCUT2D eigenvalue weighted by molar-refractivity contribution is 5.96. The maximum absolute atomic E-state index is 12.3. The third-order valence-electron chi connectivity index (χ3n) is 3.39. The third-order valence-corrected chi connectivity index (χ3v) is 3.39. The van der Waals surface area contributed by atoms with Crippen LogP contribution < -0.4 is 19.6 Å². The van der Waals surface area contributed by atoms with Crippen LogP contribution in [0.3, 0.4) is 0 Å². The number of rotatable bonds is 7. The van der Waals surface area contributed by atoms with Gasteiger partial charge >= 0.3 is 0 Å². The molecule has 26 heavy (non-hydrogen) atoms. The molecule has 0 radical (unpaired) electrons. The molecule has 1 amide bonds. The van der Waals surface area contributed by atoms with Gasteiger partial charge in [0.1, 0.15) is 0 Å². The van der Waals surface area contributed by atoms with Crippen LogP contribution in [-0.4, -0.2) is 38.4 Å². The second-order valence-corrected chi connectivity index (χ2v) is 4.97. The highest BCUT2D eigenvalue weighted by atomic mass is 16.6. The molecule has 0 aromatic heterocycles. The molecule has 9 nitrogen and oxygen atoms in total. The smallest absolute Gasteiger partial charge is 0.271 e. The van der Waals surface area contributed by atoms with Crippen molar-refractivity contribution in [2.75, 3.05) is 21.3 Å². The van der Waals surface area contributed by atoms with E-state index in [4.69, 9.17) is 14.2 Å². The van der Waals surface area contributed by atoms with Crippen molar-refractivity contribution in [2.45, 2.75) is 0 Å². The molecule has 0 aliphatic heterocycles. The van der Waals surface area contributed by atoms with Crippen LogP contribution in [0.5, 0.6) is 17.2 Å². The number of amides is 1. The molecule has 136 valence electrons. The normalized spacial score (nSPS) is 10.4. The van der Waals surface area contributed by atoms with E-state index in [1.165, 1.54) is 57.9 Å². The van der Waals surface area contributed by atoms with Gasteiger partial charge in [-0.3, -0.25) is 14.9 Å². The van der Waals surface area contributed by atoms with E-state index >= 15 is 0 Å². The van der Waals surface area contributed by atoms with Crippen molar-refractivity contribution in [1.82, 2.24) is 5.43 Å². The van der Waals surface area contributed by atoms with Crippen molar-refractivity contribution in [2.24, 2.45) is 5.10 Å². The second kappa shape index (κ2) is 8.47. The molecule has 2 aromatic rings. The maximum atomic E-state index is 12.3. The molecule has 2 aromatic carbocycles. The number of nitrogens with zero attached hydrogens (tertiary/aromatic N) is 2. The average molecular weight is 359 g/mol. The van der Waals surface area contributed by atoms with Gasteiger partial charge in [-0.05, 0) is 12.1 Å². The van der Waals surface area contributed by atoms with Gasteiger partial charge in [0.05, 0.1) is 32.5 Å². The number of methoxy groups -OCH3 is 3. The minimum Gasteiger partial charge on any atom is -0.493 e. The zero-order valence-corrected chi connectivity index (χ0v) is 14.4. The topological polar surface area (TPSA) is 112 Å². The van der Waals surface area contributed by atoms with Crippen LogP contribution in [0.1, 0.15) is 15.9 Å². The highest BCUT2D eigenvalue weighted by Crippen LogP contribution is 2.38. The Kier molecular flexibility index (Phi) is 6.10. The number of nitrogens with one attached hydrogen (secondary N) is 1. The lowest BCUT2D eigenvalue weighted by molar-refractivity contribution is -0.384. The summed E-state index contributed by atoms with van der Waals surface area (Å²) >= 11 is 0. The fraction of sp³-hybridized carbons (Fsp3) is 0.176. The lowest BCUT2D eigenvalue weighted by Crippen LogP contribution is -2.18. The van der Waals surface area contributed by atoms with Gasteiger partial charge in [-0.15, -0.1) is 0 Å². The highest BCUT2D eigenvalue weighted by Gasteiger charge is 2.16. The van der Waals surface area contributed by atoms with E-state index in [1.807, 2.05) is 0 Å². The van der Waals surface area contributed by atoms with Gasteiger partial charge in [0.15, 0.2) is 11.5 Å². The molecule has 0 spiro atoms. The summed E-state index contributed by atoms with van der Waals surface area (Å²) < 4.78 is 15.6. The molecular weight excluding hydrogens is 342 g/mol. The number of ether oxygens (including phenoxy) is 3. The predicted octanol–water partition coefficient (Wildman–Crippen LogP) is 2.38. The summed E-state index contributed by atoms with van der Waals surface area (Å²) in [7, 11) is 4.35. The van der Waals surface area contributed by atoms with Crippen LogP contribution >= 0.6 is 0 Å². The van der Waals surface area contributed by atoms with E-state index in [0.717, 1.165) is 0 Å². The van der Waals surface area contributed by atoms with Crippen LogP contribution in [-0.2, 0) is 0 Å². The Hall–Kier alpha value is -3.62. The Balaban J connectivity index is 2.17. The van der Waals surface area contributed by atoms with Gasteiger partial charge in [-0.25, -0.2) is 5.43 Å². The fourth-order valence-electron chi connectivity index (χ4n) is 2.16. The molecule has 0 heterocycles. The standard InChI is InChI=1S/C17H17N3O6/c1-24-14-8-12(9-15(25-2)16(14)26-3)17(21)19-18-10-11-5-4-6-13(7-11)20(22)23/h4-10H,1-3H3,(H,19,21)/b18-10-. The van der Waals surface area contributed by atoms with Crippen molar-refractivity contribution < 1.29 is 23.9 Å². The average Bonchev–Trinajstić information content (AvgIpc) is 2.66. The number of carbonyl (C=O) groups excluding carboxylic acids is 1. The van der Waals surface area contributed by atoms with Crippen LogP contribution in [0.25, 0.3) is 0 Å². The number of hydrogen-bond donors (Lipinski definition) is 1. The molecule has 9 heteroatoms. The minimum atomic E-state index is -0.508. The number of hydrogen-bond acceptors (Lipinski definition) is 7. The molecule has 0 aliphatic rings. The van der Waals surface area contributed by atoms with E-state index < -0.39 is 10.8 Å². The number of carbonyl (C=O) groups is 1. The van der Waals surface area contributed by atoms with Gasteiger partial charge in [0.2, 0.25) is 5.75 Å². The van der Waals surface area contributed by atoms with Gasteiger partial charge in [-0.2, -0.15) is 5.10 Å². The fourth-order valence-corrected chi connectivity index (χ4v) is 2.16. The van der Waals surface area contributed by atoms with Gasteiger partial charge in [-0.1, -0.05) is 12.1 Å². The first-order chi connectivity index (χ1) is 12.5. The Morgan fingerprint density at radius 2 is 1.77 bits per heavy atom. The van der Waals surface area contributed by atoms with E-state index in [1.54, 1.807) is 6.07 Å². The Labute approximate surface area is 149 Å². The summed E-state index contributed by atoms with van der Waals surface area (Å²) in [5, 5.41) is 14.6. The molecule has 0 aliphatic carbocycles. The molecular formula is C17H17N3O6. The molecule has 0 saturated heterocycles. The first kappa shape index (κ1) is 18.7. The summed E-state index contributed by atoms with van der Waals surface area (Å²) in [6, 6.07) is 8.84. The number of non-ortho nitro benzene ring substituents is 1. The minimum absolute atomic E-state index is 0.0649. The zero-order valence-electron chi connectivity index (χ0n) is 14.4.